The zero-order valence-electron chi connectivity index (χ0n) is 22.1. The van der Waals surface area contributed by atoms with Gasteiger partial charge in [0.1, 0.15) is 16.5 Å². The first kappa shape index (κ1) is 26.3. The maximum absolute atomic E-state index is 13.9. The summed E-state index contributed by atoms with van der Waals surface area (Å²) in [5, 5.41) is 5.45. The summed E-state index contributed by atoms with van der Waals surface area (Å²) in [5.74, 6) is -0.953. The molecule has 2 fully saturated rings. The van der Waals surface area contributed by atoms with E-state index in [1.165, 1.54) is 22.6 Å². The molecule has 9 heteroatoms. The Labute approximate surface area is 232 Å². The summed E-state index contributed by atoms with van der Waals surface area (Å²) in [4.78, 5) is 3.60. The van der Waals surface area contributed by atoms with Gasteiger partial charge < -0.3 is 0 Å². The molecular formula is C31H28F2N4O2S. The van der Waals surface area contributed by atoms with Crippen LogP contribution >= 0.6 is 0 Å². The third-order valence-corrected chi connectivity index (χ3v) is 9.94. The van der Waals surface area contributed by atoms with Crippen LogP contribution in [0.5, 0.6) is 0 Å². The zero-order chi connectivity index (χ0) is 28.2. The van der Waals surface area contributed by atoms with Gasteiger partial charge in [0.15, 0.2) is 0 Å². The second kappa shape index (κ2) is 9.60. The fourth-order valence-electron chi connectivity index (χ4n) is 6.35. The predicted octanol–water partition coefficient (Wildman–Crippen LogP) is 5.88. The van der Waals surface area contributed by atoms with Crippen molar-refractivity contribution in [2.75, 3.05) is 13.1 Å². The first-order chi connectivity index (χ1) is 19.2. The van der Waals surface area contributed by atoms with Crippen molar-refractivity contribution in [1.29, 1.82) is 0 Å². The fraction of sp³-hybridized carbons (Fsp3) is 0.226. The van der Waals surface area contributed by atoms with Crippen LogP contribution in [-0.4, -0.2) is 40.6 Å². The highest BCUT2D eigenvalue weighted by molar-refractivity contribution is 7.89. The highest BCUT2D eigenvalue weighted by atomic mass is 32.2. The summed E-state index contributed by atoms with van der Waals surface area (Å²) in [6, 6.07) is 11.3. The number of allylic oxidation sites excluding steroid dienone is 5. The molecule has 2 aliphatic rings. The number of hydrogen-bond acceptors (Lipinski definition) is 4. The van der Waals surface area contributed by atoms with Crippen LogP contribution in [0.25, 0.3) is 16.6 Å². The number of piperidine rings is 1. The van der Waals surface area contributed by atoms with Gasteiger partial charge in [-0.15, -0.1) is 0 Å². The van der Waals surface area contributed by atoms with Crippen LogP contribution in [0.4, 0.5) is 8.78 Å². The standard InChI is InChI=1S/C31H28F2N4O2S/c1-4-5-6-7-20(2)30-28-18-36(40(38,39)26-14-24(33)16-34-17-26)19-31(28,30)27-13-22-15-35-37(29(22)12-21(27)3)25-10-8-23(32)9-11-25/h4-17,28,30H,2,18-19H2,1,3H3/b5-4-,7-6-/t28-,30-,31+/m0/s1. The van der Waals surface area contributed by atoms with E-state index in [4.69, 9.17) is 0 Å². The molecule has 0 spiro atoms. The van der Waals surface area contributed by atoms with E-state index >= 15 is 0 Å². The van der Waals surface area contributed by atoms with Gasteiger partial charge in [0.25, 0.3) is 0 Å². The number of hydrogen-bond donors (Lipinski definition) is 0. The molecule has 2 aromatic carbocycles. The SMILES string of the molecule is C=C(/C=C\C=C/C)[C@H]1[C@@H]2CN(S(=O)(=O)c3cncc(F)c3)C[C@@]21c1cc2cnn(-c3ccc(F)cc3)c2cc1C. The number of rotatable bonds is 7. The molecule has 40 heavy (non-hydrogen) atoms. The Morgan fingerprint density at radius 1 is 1.07 bits per heavy atom. The van der Waals surface area contributed by atoms with Crippen LogP contribution in [0.3, 0.4) is 0 Å². The van der Waals surface area contributed by atoms with Gasteiger partial charge in [0, 0.05) is 30.1 Å². The zero-order valence-corrected chi connectivity index (χ0v) is 22.9. The van der Waals surface area contributed by atoms with E-state index in [9.17, 15) is 17.2 Å². The van der Waals surface area contributed by atoms with Crippen LogP contribution in [0.2, 0.25) is 0 Å². The number of fused-ring (bicyclic) bond motifs is 2. The first-order valence-corrected chi connectivity index (χ1v) is 14.4. The second-order valence-corrected chi connectivity index (χ2v) is 12.4. The lowest BCUT2D eigenvalue weighted by atomic mass is 9.87. The normalized spacial score (nSPS) is 22.9. The number of aromatic nitrogens is 3. The average molecular weight is 559 g/mol. The molecule has 1 saturated heterocycles. The number of pyridine rings is 1. The van der Waals surface area contributed by atoms with Crippen molar-refractivity contribution in [3.05, 3.63) is 120 Å². The Hall–Kier alpha value is -3.95. The van der Waals surface area contributed by atoms with Crippen LogP contribution in [0.15, 0.2) is 102 Å². The molecule has 3 atom stereocenters. The monoisotopic (exact) mass is 558 g/mol. The summed E-state index contributed by atoms with van der Waals surface area (Å²) in [6.45, 7) is 8.85. The maximum atomic E-state index is 13.9. The van der Waals surface area contributed by atoms with Gasteiger partial charge >= 0.3 is 0 Å². The lowest BCUT2D eigenvalue weighted by Crippen LogP contribution is -2.35. The van der Waals surface area contributed by atoms with Crippen LogP contribution < -0.4 is 0 Å². The first-order valence-electron chi connectivity index (χ1n) is 13.0. The Morgan fingerprint density at radius 3 is 2.58 bits per heavy atom. The molecule has 1 aliphatic heterocycles. The minimum absolute atomic E-state index is 0.00911. The van der Waals surface area contributed by atoms with E-state index in [0.717, 1.165) is 45.6 Å². The van der Waals surface area contributed by atoms with Gasteiger partial charge in [0.05, 0.1) is 23.6 Å². The molecule has 3 heterocycles. The Morgan fingerprint density at radius 2 is 1.85 bits per heavy atom. The molecule has 0 N–H and O–H groups in total. The van der Waals surface area contributed by atoms with Crippen molar-refractivity contribution in [2.24, 2.45) is 11.8 Å². The van der Waals surface area contributed by atoms with Crippen LogP contribution in [-0.2, 0) is 15.4 Å². The molecule has 0 unspecified atom stereocenters. The maximum Gasteiger partial charge on any atom is 0.244 e. The van der Waals surface area contributed by atoms with Gasteiger partial charge in [-0.2, -0.15) is 9.40 Å². The Balaban J connectivity index is 1.42. The summed E-state index contributed by atoms with van der Waals surface area (Å²) in [6.07, 6.45) is 11.8. The number of aryl methyl sites for hydroxylation is 1. The topological polar surface area (TPSA) is 68.1 Å². The number of halogens is 2. The minimum atomic E-state index is -3.95. The Bertz CT molecular complexity index is 1810. The molecule has 1 saturated carbocycles. The van der Waals surface area contributed by atoms with E-state index < -0.39 is 21.3 Å². The van der Waals surface area contributed by atoms with Crippen molar-refractivity contribution in [3.8, 4) is 5.69 Å². The van der Waals surface area contributed by atoms with E-state index in [2.05, 4.69) is 22.7 Å². The highest BCUT2D eigenvalue weighted by Crippen LogP contribution is 2.68. The van der Waals surface area contributed by atoms with Gasteiger partial charge in [-0.05, 0) is 79.3 Å². The average Bonchev–Trinajstić information content (AvgIpc) is 3.19. The molecule has 4 aromatic rings. The fourth-order valence-corrected chi connectivity index (χ4v) is 7.84. The molecule has 6 nitrogen and oxygen atoms in total. The van der Waals surface area contributed by atoms with Crippen molar-refractivity contribution < 1.29 is 17.2 Å². The Kier molecular flexibility index (Phi) is 6.31. The molecule has 2 aromatic heterocycles. The van der Waals surface area contributed by atoms with Gasteiger partial charge in [-0.3, -0.25) is 4.98 Å². The quantitative estimate of drug-likeness (QED) is 0.266. The van der Waals surface area contributed by atoms with Crippen LogP contribution in [0, 0.1) is 30.4 Å². The molecule has 1 aliphatic carbocycles. The third-order valence-electron chi connectivity index (χ3n) is 8.17. The molecule has 0 amide bonds. The van der Waals surface area contributed by atoms with Gasteiger partial charge in [0.2, 0.25) is 10.0 Å². The summed E-state index contributed by atoms with van der Waals surface area (Å²) in [7, 11) is -3.95. The smallest absolute Gasteiger partial charge is 0.244 e. The molecule has 6 rings (SSSR count). The lowest BCUT2D eigenvalue weighted by molar-refractivity contribution is 0.412. The lowest BCUT2D eigenvalue weighted by Gasteiger charge is -2.25. The number of nitrogens with zero attached hydrogens (tertiary/aromatic N) is 4. The largest absolute Gasteiger partial charge is 0.260 e. The van der Waals surface area contributed by atoms with Crippen molar-refractivity contribution in [2.45, 2.75) is 24.2 Å². The molecular weight excluding hydrogens is 530 g/mol. The highest BCUT2D eigenvalue weighted by Gasteiger charge is 2.71. The van der Waals surface area contributed by atoms with Crippen molar-refractivity contribution in [1.82, 2.24) is 19.1 Å². The minimum Gasteiger partial charge on any atom is -0.260 e. The van der Waals surface area contributed by atoms with Crippen molar-refractivity contribution in [3.63, 3.8) is 0 Å². The van der Waals surface area contributed by atoms with E-state index in [1.54, 1.807) is 23.0 Å². The van der Waals surface area contributed by atoms with E-state index in [0.29, 0.717) is 6.54 Å². The van der Waals surface area contributed by atoms with Crippen molar-refractivity contribution >= 4 is 20.9 Å². The second-order valence-electron chi connectivity index (χ2n) is 10.5. The number of sulfonamides is 1. The number of benzene rings is 2. The molecule has 0 bridgehead atoms. The molecule has 204 valence electrons. The summed E-state index contributed by atoms with van der Waals surface area (Å²) >= 11 is 0. The van der Waals surface area contributed by atoms with E-state index in [-0.39, 0.29) is 29.1 Å². The predicted molar refractivity (Wildman–Crippen MR) is 150 cm³/mol. The van der Waals surface area contributed by atoms with E-state index in [1.807, 2.05) is 44.2 Å². The third kappa shape index (κ3) is 4.12. The summed E-state index contributed by atoms with van der Waals surface area (Å²) < 4.78 is 57.7. The molecule has 0 radical (unpaired) electrons. The summed E-state index contributed by atoms with van der Waals surface area (Å²) in [5.41, 5.74) is 4.12. The van der Waals surface area contributed by atoms with Crippen LogP contribution in [0.1, 0.15) is 18.1 Å². The van der Waals surface area contributed by atoms with Gasteiger partial charge in [-0.1, -0.05) is 36.5 Å². The van der Waals surface area contributed by atoms with Gasteiger partial charge in [-0.25, -0.2) is 21.9 Å².